The number of amides is 3. The second-order valence-electron chi connectivity index (χ2n) is 3.78. The molecule has 1 rings (SSSR count). The first-order valence-corrected chi connectivity index (χ1v) is 5.53. The van der Waals surface area contributed by atoms with Crippen molar-refractivity contribution in [3.8, 4) is 11.5 Å². The van der Waals surface area contributed by atoms with E-state index in [1.54, 1.807) is 5.32 Å². The van der Waals surface area contributed by atoms with Crippen LogP contribution in [0.15, 0.2) is 18.2 Å². The second kappa shape index (κ2) is 6.41. The summed E-state index contributed by atoms with van der Waals surface area (Å²) in [6, 6.07) is 2.91. The number of phenolic OH excluding ortho intramolecular Hbond substituents is 1. The van der Waals surface area contributed by atoms with E-state index in [1.807, 2.05) is 0 Å². The molecule has 20 heavy (non-hydrogen) atoms. The topological polar surface area (TPSA) is 128 Å². The van der Waals surface area contributed by atoms with Gasteiger partial charge in [-0.15, -0.1) is 0 Å². The number of esters is 1. The highest BCUT2D eigenvalue weighted by Gasteiger charge is 2.21. The average molecular weight is 282 g/mol. The molecule has 0 aliphatic rings. The highest BCUT2D eigenvalue weighted by Crippen LogP contribution is 2.24. The van der Waals surface area contributed by atoms with Gasteiger partial charge in [0.25, 0.3) is 5.91 Å². The number of phenols is 1. The molecule has 1 aromatic rings. The van der Waals surface area contributed by atoms with E-state index < -0.39 is 24.0 Å². The van der Waals surface area contributed by atoms with Crippen LogP contribution < -0.4 is 15.8 Å². The molecule has 0 bridgehead atoms. The summed E-state index contributed by atoms with van der Waals surface area (Å²) in [6.07, 6.45) is -1.24. The zero-order chi connectivity index (χ0) is 15.3. The lowest BCUT2D eigenvalue weighted by atomic mass is 10.2. The number of methoxy groups -OCH3 is 1. The quantitative estimate of drug-likeness (QED) is 0.674. The van der Waals surface area contributed by atoms with Crippen molar-refractivity contribution >= 4 is 17.9 Å². The first-order valence-electron chi connectivity index (χ1n) is 5.53. The molecule has 0 spiro atoms. The molecule has 0 aliphatic carbocycles. The van der Waals surface area contributed by atoms with Crippen LogP contribution in [0.1, 0.15) is 17.3 Å². The summed E-state index contributed by atoms with van der Waals surface area (Å²) in [5.74, 6) is -1.77. The zero-order valence-corrected chi connectivity index (χ0v) is 10.9. The van der Waals surface area contributed by atoms with E-state index in [2.05, 4.69) is 0 Å². The van der Waals surface area contributed by atoms with Crippen molar-refractivity contribution in [3.63, 3.8) is 0 Å². The molecule has 0 heterocycles. The highest BCUT2D eigenvalue weighted by molar-refractivity contribution is 5.98. The van der Waals surface area contributed by atoms with Gasteiger partial charge in [-0.05, 0) is 19.1 Å². The Balaban J connectivity index is 2.76. The van der Waals surface area contributed by atoms with Gasteiger partial charge in [-0.2, -0.15) is 0 Å². The molecule has 1 aromatic carbocycles. The van der Waals surface area contributed by atoms with Crippen molar-refractivity contribution in [2.24, 2.45) is 5.73 Å². The second-order valence-corrected chi connectivity index (χ2v) is 3.78. The number of primary amides is 1. The highest BCUT2D eigenvalue weighted by atomic mass is 16.5. The Morgan fingerprint density at radius 1 is 1.35 bits per heavy atom. The minimum absolute atomic E-state index is 0.135. The lowest BCUT2D eigenvalue weighted by Crippen LogP contribution is -2.42. The Morgan fingerprint density at radius 3 is 2.50 bits per heavy atom. The van der Waals surface area contributed by atoms with Gasteiger partial charge in [0.15, 0.2) is 6.10 Å². The SMILES string of the molecule is COc1ccc(C(=O)O[C@@H](C)C(=O)NC(N)=O)c(O)c1. The number of rotatable bonds is 4. The van der Waals surface area contributed by atoms with E-state index in [1.165, 1.54) is 32.2 Å². The number of benzene rings is 1. The molecule has 0 unspecified atom stereocenters. The Hall–Kier alpha value is -2.77. The Bertz CT molecular complexity index is 543. The van der Waals surface area contributed by atoms with Gasteiger partial charge < -0.3 is 20.3 Å². The van der Waals surface area contributed by atoms with Gasteiger partial charge in [0, 0.05) is 6.07 Å². The maximum absolute atomic E-state index is 11.7. The van der Waals surface area contributed by atoms with Gasteiger partial charge >= 0.3 is 12.0 Å². The summed E-state index contributed by atoms with van der Waals surface area (Å²) in [5, 5.41) is 11.4. The number of aromatic hydroxyl groups is 1. The number of nitrogens with one attached hydrogen (secondary N) is 1. The van der Waals surface area contributed by atoms with Crippen LogP contribution in [-0.2, 0) is 9.53 Å². The number of carbonyl (C=O) groups is 3. The Kier molecular flexibility index (Phi) is 4.90. The molecule has 108 valence electrons. The Labute approximate surface area is 114 Å². The van der Waals surface area contributed by atoms with E-state index in [0.29, 0.717) is 5.75 Å². The van der Waals surface area contributed by atoms with Crippen molar-refractivity contribution in [2.75, 3.05) is 7.11 Å². The fourth-order valence-electron chi connectivity index (χ4n) is 1.31. The Morgan fingerprint density at radius 2 is 2.00 bits per heavy atom. The lowest BCUT2D eigenvalue weighted by molar-refractivity contribution is -0.127. The average Bonchev–Trinajstić information content (AvgIpc) is 2.37. The predicted octanol–water partition coefficient (Wildman–Crippen LogP) is 0.141. The van der Waals surface area contributed by atoms with Crippen LogP contribution in [-0.4, -0.2) is 36.2 Å². The van der Waals surface area contributed by atoms with Gasteiger partial charge in [0.1, 0.15) is 17.1 Å². The fraction of sp³-hybridized carbons (Fsp3) is 0.250. The third-order valence-electron chi connectivity index (χ3n) is 2.32. The van der Waals surface area contributed by atoms with Gasteiger partial charge in [-0.25, -0.2) is 9.59 Å². The van der Waals surface area contributed by atoms with E-state index in [9.17, 15) is 19.5 Å². The zero-order valence-electron chi connectivity index (χ0n) is 10.9. The number of ether oxygens (including phenoxy) is 2. The fourth-order valence-corrected chi connectivity index (χ4v) is 1.31. The third-order valence-corrected chi connectivity index (χ3v) is 2.32. The van der Waals surface area contributed by atoms with Crippen LogP contribution in [0.3, 0.4) is 0 Å². The summed E-state index contributed by atoms with van der Waals surface area (Å²) in [5.41, 5.74) is 4.63. The van der Waals surface area contributed by atoms with Crippen LogP contribution in [0, 0.1) is 0 Å². The minimum Gasteiger partial charge on any atom is -0.507 e. The van der Waals surface area contributed by atoms with Crippen LogP contribution in [0.25, 0.3) is 0 Å². The molecule has 8 nitrogen and oxygen atoms in total. The van der Waals surface area contributed by atoms with Crippen molar-refractivity contribution < 1.29 is 29.0 Å². The molecule has 0 fully saturated rings. The molecule has 0 saturated carbocycles. The smallest absolute Gasteiger partial charge is 0.342 e. The first kappa shape index (κ1) is 15.3. The number of hydrogen-bond acceptors (Lipinski definition) is 6. The van der Waals surface area contributed by atoms with E-state index in [-0.39, 0.29) is 11.3 Å². The molecule has 8 heteroatoms. The standard InChI is InChI=1S/C12H14N2O6/c1-6(10(16)14-12(13)18)20-11(17)8-4-3-7(19-2)5-9(8)15/h3-6,15H,1-2H3,(H3,13,14,16,18)/t6-/m0/s1. The normalized spacial score (nSPS) is 11.3. The van der Waals surface area contributed by atoms with Crippen molar-refractivity contribution in [1.82, 2.24) is 5.32 Å². The summed E-state index contributed by atoms with van der Waals surface area (Å²) >= 11 is 0. The maximum atomic E-state index is 11.7. The summed E-state index contributed by atoms with van der Waals surface area (Å²) in [4.78, 5) is 33.6. The molecule has 0 radical (unpaired) electrons. The largest absolute Gasteiger partial charge is 0.507 e. The predicted molar refractivity (Wildman–Crippen MR) is 67.3 cm³/mol. The van der Waals surface area contributed by atoms with Gasteiger partial charge in [0.05, 0.1) is 7.11 Å². The minimum atomic E-state index is -1.24. The lowest BCUT2D eigenvalue weighted by Gasteiger charge is -2.12. The monoisotopic (exact) mass is 282 g/mol. The molecular weight excluding hydrogens is 268 g/mol. The van der Waals surface area contributed by atoms with Crippen molar-refractivity contribution in [3.05, 3.63) is 23.8 Å². The molecule has 0 aromatic heterocycles. The number of hydrogen-bond donors (Lipinski definition) is 3. The van der Waals surface area contributed by atoms with Crippen LogP contribution in [0.5, 0.6) is 11.5 Å². The maximum Gasteiger partial charge on any atom is 0.342 e. The van der Waals surface area contributed by atoms with E-state index >= 15 is 0 Å². The van der Waals surface area contributed by atoms with Crippen molar-refractivity contribution in [2.45, 2.75) is 13.0 Å². The number of nitrogens with two attached hydrogens (primary N) is 1. The van der Waals surface area contributed by atoms with Gasteiger partial charge in [-0.3, -0.25) is 10.1 Å². The third kappa shape index (κ3) is 3.87. The van der Waals surface area contributed by atoms with E-state index in [4.69, 9.17) is 15.2 Å². The molecule has 3 amide bonds. The number of imide groups is 1. The summed E-state index contributed by atoms with van der Waals surface area (Å²) < 4.78 is 9.66. The van der Waals surface area contributed by atoms with Gasteiger partial charge in [-0.1, -0.05) is 0 Å². The molecular formula is C12H14N2O6. The van der Waals surface area contributed by atoms with Gasteiger partial charge in [0.2, 0.25) is 0 Å². The van der Waals surface area contributed by atoms with Crippen LogP contribution >= 0.6 is 0 Å². The molecule has 0 aliphatic heterocycles. The van der Waals surface area contributed by atoms with E-state index in [0.717, 1.165) is 0 Å². The first-order chi connectivity index (χ1) is 9.35. The van der Waals surface area contributed by atoms with Crippen LogP contribution in [0.2, 0.25) is 0 Å². The molecule has 0 saturated heterocycles. The molecule has 1 atom stereocenters. The number of urea groups is 1. The van der Waals surface area contributed by atoms with Crippen molar-refractivity contribution in [1.29, 1.82) is 0 Å². The summed E-state index contributed by atoms with van der Waals surface area (Å²) in [7, 11) is 1.41. The molecule has 4 N–H and O–H groups in total. The number of carbonyl (C=O) groups excluding carboxylic acids is 3. The summed E-state index contributed by atoms with van der Waals surface area (Å²) in [6.45, 7) is 1.26. The van der Waals surface area contributed by atoms with Crippen LogP contribution in [0.4, 0.5) is 4.79 Å².